The fraction of sp³-hybridized carbons (Fsp3) is 0.333. The molecule has 0 amide bonds. The van der Waals surface area contributed by atoms with Gasteiger partial charge < -0.3 is 29.0 Å². The number of anilines is 1. The number of aromatic nitrogens is 5. The van der Waals surface area contributed by atoms with Gasteiger partial charge in [-0.1, -0.05) is 41.6 Å². The van der Waals surface area contributed by atoms with Crippen LogP contribution in [-0.2, 0) is 23.3 Å². The minimum Gasteiger partial charge on any atom is -0.395 e. The molecule has 2 fully saturated rings. The molecule has 2 saturated heterocycles. The number of hydrogen-bond donors (Lipinski definition) is 2. The highest BCUT2D eigenvalue weighted by atomic mass is 31.2. The van der Waals surface area contributed by atoms with E-state index in [0.29, 0.717) is 11.5 Å². The monoisotopic (exact) mass is 556 g/mol. The molecule has 0 saturated carbocycles. The van der Waals surface area contributed by atoms with Crippen molar-refractivity contribution in [2.45, 2.75) is 44.2 Å². The maximum Gasteiger partial charge on any atom is 0.587 e. The van der Waals surface area contributed by atoms with Crippen LogP contribution in [0.3, 0.4) is 0 Å². The van der Waals surface area contributed by atoms with E-state index in [2.05, 4.69) is 20.3 Å². The summed E-state index contributed by atoms with van der Waals surface area (Å²) in [4.78, 5) is 18.8. The van der Waals surface area contributed by atoms with Gasteiger partial charge in [0.2, 0.25) is 5.95 Å². The van der Waals surface area contributed by atoms with E-state index in [1.807, 2.05) is 0 Å². The van der Waals surface area contributed by atoms with E-state index in [-0.39, 0.29) is 23.7 Å². The van der Waals surface area contributed by atoms with Crippen molar-refractivity contribution in [1.82, 2.24) is 25.0 Å². The lowest BCUT2D eigenvalue weighted by atomic mass is 10.1. The zero-order valence-corrected chi connectivity index (χ0v) is 21.8. The van der Waals surface area contributed by atoms with E-state index >= 15 is 0 Å². The number of hydrogen-bond acceptors (Lipinski definition) is 12. The van der Waals surface area contributed by atoms with Crippen LogP contribution >= 0.6 is 7.82 Å². The largest absolute Gasteiger partial charge is 0.587 e. The standard InChI is InChI=1S/C24H25N6O8P/c1-24(2)35-18-16(34-22(19(18)36-24)30-20-17(28-29-30)21(31)27-23(25)26-20)13-33-39(32,37-14-9-5-3-6-10-14)38-15-11-7-4-8-12-15/h3-12,16,18-19,22H,13H2,1-2H3,(H3,25,26,27,31). The predicted octanol–water partition coefficient (Wildman–Crippen LogP) is 2.80. The number of aromatic amines is 1. The molecular formula is C24H25N6O8P. The van der Waals surface area contributed by atoms with E-state index < -0.39 is 43.7 Å². The first-order valence-corrected chi connectivity index (χ1v) is 13.5. The number of phosphoric acid groups is 1. The van der Waals surface area contributed by atoms with E-state index in [1.54, 1.807) is 74.5 Å². The number of fused-ring (bicyclic) bond motifs is 2. The maximum atomic E-state index is 13.8. The Morgan fingerprint density at radius 2 is 1.64 bits per heavy atom. The Labute approximate surface area is 221 Å². The third-order valence-electron chi connectivity index (χ3n) is 6.04. The third-order valence-corrected chi connectivity index (χ3v) is 7.37. The van der Waals surface area contributed by atoms with E-state index in [4.69, 9.17) is 33.5 Å². The summed E-state index contributed by atoms with van der Waals surface area (Å²) in [5.41, 5.74) is 5.29. The summed E-state index contributed by atoms with van der Waals surface area (Å²) in [6.45, 7) is 3.25. The van der Waals surface area contributed by atoms with Gasteiger partial charge in [0.15, 0.2) is 23.2 Å². The molecule has 3 N–H and O–H groups in total. The number of phosphoric ester groups is 1. The molecule has 4 atom stereocenters. The van der Waals surface area contributed by atoms with Crippen molar-refractivity contribution in [2.24, 2.45) is 0 Å². The lowest BCUT2D eigenvalue weighted by molar-refractivity contribution is -0.200. The first-order chi connectivity index (χ1) is 18.7. The summed E-state index contributed by atoms with van der Waals surface area (Å²) in [5.74, 6) is -0.485. The summed E-state index contributed by atoms with van der Waals surface area (Å²) in [6, 6.07) is 17.1. The Hall–Kier alpha value is -3.81. The number of nitrogens with one attached hydrogen (secondary N) is 1. The van der Waals surface area contributed by atoms with Crippen LogP contribution in [0.4, 0.5) is 5.95 Å². The number of para-hydroxylation sites is 2. The molecule has 4 heterocycles. The average Bonchev–Trinajstić information content (AvgIpc) is 3.55. The van der Waals surface area contributed by atoms with Crippen LogP contribution in [-0.4, -0.2) is 55.7 Å². The summed E-state index contributed by atoms with van der Waals surface area (Å²) < 4.78 is 50.7. The number of H-pyrrole nitrogens is 1. The molecule has 6 rings (SSSR count). The zero-order chi connectivity index (χ0) is 27.2. The molecule has 14 nitrogen and oxygen atoms in total. The molecule has 2 aliphatic rings. The molecule has 0 spiro atoms. The van der Waals surface area contributed by atoms with Gasteiger partial charge in [-0.15, -0.1) is 5.10 Å². The smallest absolute Gasteiger partial charge is 0.395 e. The van der Waals surface area contributed by atoms with Crippen LogP contribution in [0.5, 0.6) is 11.5 Å². The van der Waals surface area contributed by atoms with Crippen LogP contribution in [0.2, 0.25) is 0 Å². The number of benzene rings is 2. The van der Waals surface area contributed by atoms with Crippen molar-refractivity contribution in [3.05, 3.63) is 71.0 Å². The van der Waals surface area contributed by atoms with Crippen LogP contribution in [0, 0.1) is 0 Å². The van der Waals surface area contributed by atoms with Gasteiger partial charge >= 0.3 is 7.82 Å². The molecular weight excluding hydrogens is 531 g/mol. The van der Waals surface area contributed by atoms with Crippen LogP contribution in [0.15, 0.2) is 65.5 Å². The van der Waals surface area contributed by atoms with Crippen molar-refractivity contribution in [3.8, 4) is 11.5 Å². The van der Waals surface area contributed by atoms with Crippen molar-refractivity contribution >= 4 is 24.9 Å². The molecule has 39 heavy (non-hydrogen) atoms. The highest BCUT2D eigenvalue weighted by molar-refractivity contribution is 7.49. The van der Waals surface area contributed by atoms with E-state index in [9.17, 15) is 9.36 Å². The Morgan fingerprint density at radius 3 is 2.28 bits per heavy atom. The molecule has 0 aliphatic carbocycles. The van der Waals surface area contributed by atoms with Crippen molar-refractivity contribution in [3.63, 3.8) is 0 Å². The predicted molar refractivity (Wildman–Crippen MR) is 136 cm³/mol. The second-order valence-electron chi connectivity index (χ2n) is 9.34. The summed E-state index contributed by atoms with van der Waals surface area (Å²) in [5, 5.41) is 7.98. The summed E-state index contributed by atoms with van der Waals surface area (Å²) in [7, 11) is -4.20. The highest BCUT2D eigenvalue weighted by Crippen LogP contribution is 2.51. The fourth-order valence-corrected chi connectivity index (χ4v) is 5.71. The van der Waals surface area contributed by atoms with Crippen molar-refractivity contribution in [2.75, 3.05) is 12.3 Å². The fourth-order valence-electron chi connectivity index (χ4n) is 4.48. The Balaban J connectivity index is 1.28. The Kier molecular flexibility index (Phi) is 6.36. The van der Waals surface area contributed by atoms with Gasteiger partial charge in [0.05, 0.1) is 6.61 Å². The Bertz CT molecular complexity index is 1530. The molecule has 0 radical (unpaired) electrons. The maximum absolute atomic E-state index is 13.8. The van der Waals surface area contributed by atoms with Gasteiger partial charge in [0, 0.05) is 0 Å². The molecule has 0 bridgehead atoms. The third kappa shape index (κ3) is 5.12. The molecule has 4 aromatic rings. The lowest BCUT2D eigenvalue weighted by Gasteiger charge is -2.25. The number of nitrogens with two attached hydrogens (primary N) is 1. The molecule has 204 valence electrons. The van der Waals surface area contributed by atoms with Gasteiger partial charge in [-0.3, -0.25) is 14.3 Å². The second-order valence-corrected chi connectivity index (χ2v) is 10.9. The van der Waals surface area contributed by atoms with Gasteiger partial charge in [0.1, 0.15) is 29.8 Å². The quantitative estimate of drug-likeness (QED) is 0.304. The SMILES string of the molecule is CC1(C)OC2C(COP(=O)(Oc3ccccc3)Oc3ccccc3)OC(n3nnc4c(=O)[nH]c(N)nc43)C2O1. The molecule has 4 unspecified atom stereocenters. The first-order valence-electron chi connectivity index (χ1n) is 12.1. The van der Waals surface area contributed by atoms with Gasteiger partial charge in [0.25, 0.3) is 5.56 Å². The van der Waals surface area contributed by atoms with Gasteiger partial charge in [-0.2, -0.15) is 9.67 Å². The lowest BCUT2D eigenvalue weighted by Crippen LogP contribution is -2.33. The van der Waals surface area contributed by atoms with Crippen LogP contribution in [0.25, 0.3) is 11.2 Å². The van der Waals surface area contributed by atoms with Gasteiger partial charge in [-0.25, -0.2) is 4.57 Å². The van der Waals surface area contributed by atoms with Crippen molar-refractivity contribution < 1.29 is 32.3 Å². The molecule has 2 aromatic carbocycles. The van der Waals surface area contributed by atoms with E-state index in [0.717, 1.165) is 0 Å². The zero-order valence-electron chi connectivity index (χ0n) is 20.9. The van der Waals surface area contributed by atoms with Crippen LogP contribution in [0.1, 0.15) is 20.1 Å². The second kappa shape index (κ2) is 9.74. The normalized spacial score (nSPS) is 24.1. The van der Waals surface area contributed by atoms with Crippen molar-refractivity contribution in [1.29, 1.82) is 0 Å². The molecule has 2 aliphatic heterocycles. The molecule has 2 aromatic heterocycles. The minimum atomic E-state index is -4.20. The highest BCUT2D eigenvalue weighted by Gasteiger charge is 2.57. The first kappa shape index (κ1) is 25.5. The van der Waals surface area contributed by atoms with Crippen LogP contribution < -0.4 is 20.3 Å². The summed E-state index contributed by atoms with van der Waals surface area (Å²) >= 11 is 0. The topological polar surface area (TPSA) is 175 Å². The number of rotatable bonds is 8. The number of nitrogens with zero attached hydrogens (tertiary/aromatic N) is 4. The number of ether oxygens (including phenoxy) is 3. The minimum absolute atomic E-state index is 0.0146. The summed E-state index contributed by atoms with van der Waals surface area (Å²) in [6.07, 6.45) is -3.06. The molecule has 15 heteroatoms. The Morgan fingerprint density at radius 1 is 1.03 bits per heavy atom. The average molecular weight is 556 g/mol. The van der Waals surface area contributed by atoms with E-state index in [1.165, 1.54) is 4.68 Å². The van der Waals surface area contributed by atoms with Gasteiger partial charge in [-0.05, 0) is 38.1 Å². The number of nitrogen functional groups attached to an aromatic ring is 1.